The quantitative estimate of drug-likeness (QED) is 0.674. The van der Waals surface area contributed by atoms with Crippen LogP contribution in [-0.4, -0.2) is 11.7 Å². The molecule has 1 aromatic rings. The summed E-state index contributed by atoms with van der Waals surface area (Å²) in [7, 11) is 0. The van der Waals surface area contributed by atoms with E-state index in [9.17, 15) is 5.11 Å². The molecule has 0 saturated carbocycles. The highest BCUT2D eigenvalue weighted by atomic mass is 35.5. The van der Waals surface area contributed by atoms with Gasteiger partial charge in [0.2, 0.25) is 0 Å². The standard InChI is InChI=1S/C9H13ClN2O/c1-5-2-6(8(12)4-11)9(13)3-7(5)10/h2-3,8,13H,4,11-12H2,1H3/t8-/m1/s1. The molecule has 0 heterocycles. The monoisotopic (exact) mass is 200 g/mol. The molecule has 0 aliphatic rings. The molecule has 72 valence electrons. The minimum absolute atomic E-state index is 0.105. The smallest absolute Gasteiger partial charge is 0.121 e. The topological polar surface area (TPSA) is 72.3 Å². The molecule has 0 aliphatic carbocycles. The first-order chi connectivity index (χ1) is 6.06. The van der Waals surface area contributed by atoms with Crippen LogP contribution in [0.25, 0.3) is 0 Å². The predicted molar refractivity (Wildman–Crippen MR) is 53.8 cm³/mol. The van der Waals surface area contributed by atoms with Crippen LogP contribution in [-0.2, 0) is 0 Å². The van der Waals surface area contributed by atoms with Gasteiger partial charge in [-0.3, -0.25) is 0 Å². The van der Waals surface area contributed by atoms with Crippen molar-refractivity contribution in [2.75, 3.05) is 6.54 Å². The van der Waals surface area contributed by atoms with Crippen LogP contribution in [0.2, 0.25) is 5.02 Å². The van der Waals surface area contributed by atoms with E-state index in [1.165, 1.54) is 6.07 Å². The number of aryl methyl sites for hydroxylation is 1. The number of hydrogen-bond acceptors (Lipinski definition) is 3. The minimum atomic E-state index is -0.337. The third-order valence-corrected chi connectivity index (χ3v) is 2.37. The second kappa shape index (κ2) is 3.96. The molecular formula is C9H13ClN2O. The van der Waals surface area contributed by atoms with Crippen LogP contribution < -0.4 is 11.5 Å². The van der Waals surface area contributed by atoms with Gasteiger partial charge in [0.15, 0.2) is 0 Å². The van der Waals surface area contributed by atoms with Gasteiger partial charge < -0.3 is 16.6 Å². The Bertz CT molecular complexity index is 315. The molecular weight excluding hydrogens is 188 g/mol. The lowest BCUT2D eigenvalue weighted by atomic mass is 10.0. The van der Waals surface area contributed by atoms with Crippen LogP contribution in [0.3, 0.4) is 0 Å². The number of aromatic hydroxyl groups is 1. The van der Waals surface area contributed by atoms with Gasteiger partial charge in [-0.25, -0.2) is 0 Å². The minimum Gasteiger partial charge on any atom is -0.508 e. The van der Waals surface area contributed by atoms with E-state index in [1.807, 2.05) is 6.92 Å². The molecule has 0 saturated heterocycles. The van der Waals surface area contributed by atoms with Gasteiger partial charge in [0.1, 0.15) is 5.75 Å². The molecule has 13 heavy (non-hydrogen) atoms. The van der Waals surface area contributed by atoms with Crippen LogP contribution in [0.15, 0.2) is 12.1 Å². The molecule has 1 atom stereocenters. The van der Waals surface area contributed by atoms with E-state index in [1.54, 1.807) is 6.07 Å². The lowest BCUT2D eigenvalue weighted by Crippen LogP contribution is -2.20. The summed E-state index contributed by atoms with van der Waals surface area (Å²) in [6, 6.07) is 2.91. The van der Waals surface area contributed by atoms with Gasteiger partial charge in [-0.05, 0) is 24.6 Å². The maximum absolute atomic E-state index is 9.50. The van der Waals surface area contributed by atoms with E-state index in [0.29, 0.717) is 17.1 Å². The number of rotatable bonds is 2. The third kappa shape index (κ3) is 2.12. The number of phenolic OH excluding ortho intramolecular Hbond substituents is 1. The van der Waals surface area contributed by atoms with Crippen molar-refractivity contribution in [3.8, 4) is 5.75 Å². The van der Waals surface area contributed by atoms with Crippen molar-refractivity contribution in [3.05, 3.63) is 28.3 Å². The van der Waals surface area contributed by atoms with Crippen LogP contribution >= 0.6 is 11.6 Å². The fourth-order valence-electron chi connectivity index (χ4n) is 1.12. The van der Waals surface area contributed by atoms with Crippen molar-refractivity contribution >= 4 is 11.6 Å². The predicted octanol–water partition coefficient (Wildman–Crippen LogP) is 1.31. The zero-order valence-corrected chi connectivity index (χ0v) is 8.17. The molecule has 4 heteroatoms. The number of nitrogens with two attached hydrogens (primary N) is 2. The van der Waals surface area contributed by atoms with Gasteiger partial charge in [-0.2, -0.15) is 0 Å². The highest BCUT2D eigenvalue weighted by Crippen LogP contribution is 2.28. The second-order valence-electron chi connectivity index (χ2n) is 3.00. The van der Waals surface area contributed by atoms with E-state index in [0.717, 1.165) is 5.56 Å². The molecule has 0 fully saturated rings. The van der Waals surface area contributed by atoms with Gasteiger partial charge in [-0.15, -0.1) is 0 Å². The lowest BCUT2D eigenvalue weighted by molar-refractivity contribution is 0.462. The Morgan fingerprint density at radius 1 is 1.54 bits per heavy atom. The van der Waals surface area contributed by atoms with Crippen LogP contribution in [0.1, 0.15) is 17.2 Å². The van der Waals surface area contributed by atoms with E-state index in [2.05, 4.69) is 0 Å². The molecule has 0 radical (unpaired) electrons. The van der Waals surface area contributed by atoms with Crippen molar-refractivity contribution in [2.24, 2.45) is 11.5 Å². The zero-order chi connectivity index (χ0) is 10.0. The Balaban J connectivity index is 3.15. The van der Waals surface area contributed by atoms with Crippen LogP contribution in [0.5, 0.6) is 5.75 Å². The number of phenols is 1. The van der Waals surface area contributed by atoms with Crippen molar-refractivity contribution in [2.45, 2.75) is 13.0 Å². The van der Waals surface area contributed by atoms with E-state index >= 15 is 0 Å². The Labute approximate surface area is 82.3 Å². The van der Waals surface area contributed by atoms with Crippen molar-refractivity contribution in [1.82, 2.24) is 0 Å². The maximum Gasteiger partial charge on any atom is 0.121 e. The molecule has 1 rings (SSSR count). The second-order valence-corrected chi connectivity index (χ2v) is 3.41. The number of halogens is 1. The summed E-state index contributed by atoms with van der Waals surface area (Å²) >= 11 is 5.80. The molecule has 0 bridgehead atoms. The first-order valence-corrected chi connectivity index (χ1v) is 4.38. The fraction of sp³-hybridized carbons (Fsp3) is 0.333. The molecule has 0 aromatic heterocycles. The van der Waals surface area contributed by atoms with Gasteiger partial charge in [0.05, 0.1) is 0 Å². The Morgan fingerprint density at radius 3 is 2.69 bits per heavy atom. The normalized spacial score (nSPS) is 12.9. The van der Waals surface area contributed by atoms with Crippen molar-refractivity contribution in [3.63, 3.8) is 0 Å². The van der Waals surface area contributed by atoms with E-state index in [4.69, 9.17) is 23.1 Å². The largest absolute Gasteiger partial charge is 0.508 e. The Morgan fingerprint density at radius 2 is 2.15 bits per heavy atom. The fourth-order valence-corrected chi connectivity index (χ4v) is 1.28. The third-order valence-electron chi connectivity index (χ3n) is 1.96. The van der Waals surface area contributed by atoms with Crippen LogP contribution in [0, 0.1) is 6.92 Å². The summed E-state index contributed by atoms with van der Waals surface area (Å²) < 4.78 is 0. The SMILES string of the molecule is Cc1cc([C@H](N)CN)c(O)cc1Cl. The maximum atomic E-state index is 9.50. The van der Waals surface area contributed by atoms with Gasteiger partial charge >= 0.3 is 0 Å². The Kier molecular flexibility index (Phi) is 3.14. The van der Waals surface area contributed by atoms with Crippen LogP contribution in [0.4, 0.5) is 0 Å². The summed E-state index contributed by atoms with van der Waals surface area (Å²) in [5, 5.41) is 10.0. The molecule has 0 aliphatic heterocycles. The average Bonchev–Trinajstić information content (AvgIpc) is 2.10. The van der Waals surface area contributed by atoms with Crippen molar-refractivity contribution in [1.29, 1.82) is 0 Å². The first-order valence-electron chi connectivity index (χ1n) is 4.01. The molecule has 5 N–H and O–H groups in total. The summed E-state index contributed by atoms with van der Waals surface area (Å²) in [6.45, 7) is 2.16. The lowest BCUT2D eigenvalue weighted by Gasteiger charge is -2.12. The zero-order valence-electron chi connectivity index (χ0n) is 7.42. The van der Waals surface area contributed by atoms with Crippen molar-refractivity contribution < 1.29 is 5.11 Å². The highest BCUT2D eigenvalue weighted by molar-refractivity contribution is 6.31. The van der Waals surface area contributed by atoms with E-state index < -0.39 is 0 Å². The number of benzene rings is 1. The summed E-state index contributed by atoms with van der Waals surface area (Å²) in [6.07, 6.45) is 0. The average molecular weight is 201 g/mol. The summed E-state index contributed by atoms with van der Waals surface area (Å²) in [4.78, 5) is 0. The molecule has 0 unspecified atom stereocenters. The molecule has 0 amide bonds. The number of hydrogen-bond donors (Lipinski definition) is 3. The molecule has 0 spiro atoms. The van der Waals surface area contributed by atoms with E-state index in [-0.39, 0.29) is 11.8 Å². The highest BCUT2D eigenvalue weighted by Gasteiger charge is 2.10. The van der Waals surface area contributed by atoms with Gasteiger partial charge in [-0.1, -0.05) is 11.6 Å². The Hall–Kier alpha value is -0.770. The van der Waals surface area contributed by atoms with Gasteiger partial charge in [0.25, 0.3) is 0 Å². The summed E-state index contributed by atoms with van der Waals surface area (Å²) in [5.74, 6) is 0.105. The summed E-state index contributed by atoms with van der Waals surface area (Å²) in [5.41, 5.74) is 12.6. The molecule has 1 aromatic carbocycles. The first kappa shape index (κ1) is 10.3. The molecule has 3 nitrogen and oxygen atoms in total. The van der Waals surface area contributed by atoms with Gasteiger partial charge in [0, 0.05) is 23.2 Å².